The van der Waals surface area contributed by atoms with Gasteiger partial charge in [-0.2, -0.15) is 0 Å². The molecule has 0 radical (unpaired) electrons. The quantitative estimate of drug-likeness (QED) is 0.487. The lowest BCUT2D eigenvalue weighted by atomic mass is 9.94. The predicted octanol–water partition coefficient (Wildman–Crippen LogP) is 2.99. The molecule has 0 amide bonds. The minimum atomic E-state index is 0.384. The van der Waals surface area contributed by atoms with Crippen molar-refractivity contribution in [1.82, 2.24) is 0 Å². The Kier molecular flexibility index (Phi) is 4.70. The maximum Gasteiger partial charge on any atom is 0.0617 e. The first kappa shape index (κ1) is 10.1. The molecule has 0 aliphatic carbocycles. The average Bonchev–Trinajstić information content (AvgIpc) is 2.15. The molecule has 0 aromatic carbocycles. The summed E-state index contributed by atoms with van der Waals surface area (Å²) in [6, 6.07) is 0. The van der Waals surface area contributed by atoms with Crippen molar-refractivity contribution in [3.8, 4) is 0 Å². The fraction of sp³-hybridized carbons (Fsp3) is 0.800. The molecule has 70 valence electrons. The fourth-order valence-corrected chi connectivity index (χ4v) is 1.99. The summed E-state index contributed by atoms with van der Waals surface area (Å²) in [6.45, 7) is 4.64. The van der Waals surface area contributed by atoms with Crippen molar-refractivity contribution in [3.05, 3.63) is 12.7 Å². The second-order valence-electron chi connectivity index (χ2n) is 3.34. The van der Waals surface area contributed by atoms with E-state index in [-0.39, 0.29) is 0 Å². The summed E-state index contributed by atoms with van der Waals surface area (Å²) < 4.78 is 5.65. The van der Waals surface area contributed by atoms with E-state index in [1.54, 1.807) is 0 Å². The van der Waals surface area contributed by atoms with E-state index >= 15 is 0 Å². The van der Waals surface area contributed by atoms with Crippen molar-refractivity contribution in [2.24, 2.45) is 5.92 Å². The van der Waals surface area contributed by atoms with Crippen LogP contribution in [0.25, 0.3) is 0 Å². The van der Waals surface area contributed by atoms with E-state index in [0.717, 1.165) is 13.0 Å². The number of allylic oxidation sites excluding steroid dienone is 1. The Morgan fingerprint density at radius 2 is 2.42 bits per heavy atom. The summed E-state index contributed by atoms with van der Waals surface area (Å²) in [5, 5.41) is 0. The van der Waals surface area contributed by atoms with Crippen molar-refractivity contribution in [1.29, 1.82) is 0 Å². The van der Waals surface area contributed by atoms with Crippen LogP contribution in [0, 0.1) is 5.92 Å². The molecule has 0 bridgehead atoms. The first-order valence-corrected chi connectivity index (χ1v) is 5.20. The summed E-state index contributed by atoms with van der Waals surface area (Å²) in [5.41, 5.74) is 0. The second-order valence-corrected chi connectivity index (χ2v) is 3.65. The molecule has 1 aliphatic heterocycles. The van der Waals surface area contributed by atoms with Crippen LogP contribution in [0.5, 0.6) is 0 Å². The summed E-state index contributed by atoms with van der Waals surface area (Å²) >= 11 is 5.85. The molecule has 1 rings (SSSR count). The van der Waals surface area contributed by atoms with Gasteiger partial charge in [-0.25, -0.2) is 0 Å². The molecule has 2 atom stereocenters. The molecular weight excluding hydrogens is 172 g/mol. The zero-order valence-corrected chi connectivity index (χ0v) is 8.22. The standard InChI is InChI=1S/C10H17ClO/c1-2-5-9(8-11)10-6-3-4-7-12-10/h2,9-10H,1,3-8H2. The normalized spacial score (nSPS) is 26.6. The molecule has 0 aromatic heterocycles. The summed E-state index contributed by atoms with van der Waals surface area (Å²) in [4.78, 5) is 0. The van der Waals surface area contributed by atoms with E-state index in [1.807, 2.05) is 6.08 Å². The zero-order chi connectivity index (χ0) is 8.81. The number of rotatable bonds is 4. The van der Waals surface area contributed by atoms with Gasteiger partial charge in [0.25, 0.3) is 0 Å². The number of hydrogen-bond donors (Lipinski definition) is 0. The van der Waals surface area contributed by atoms with Crippen LogP contribution in [0.4, 0.5) is 0 Å². The topological polar surface area (TPSA) is 9.23 Å². The Labute approximate surface area is 79.7 Å². The lowest BCUT2D eigenvalue weighted by Crippen LogP contribution is -2.28. The molecule has 12 heavy (non-hydrogen) atoms. The Morgan fingerprint density at radius 3 is 2.92 bits per heavy atom. The summed E-state index contributed by atoms with van der Waals surface area (Å²) in [6.07, 6.45) is 6.97. The first-order chi connectivity index (χ1) is 5.88. The van der Waals surface area contributed by atoms with E-state index < -0.39 is 0 Å². The van der Waals surface area contributed by atoms with Crippen LogP contribution < -0.4 is 0 Å². The highest BCUT2D eigenvalue weighted by atomic mass is 35.5. The minimum Gasteiger partial charge on any atom is -0.378 e. The monoisotopic (exact) mass is 188 g/mol. The van der Waals surface area contributed by atoms with Crippen molar-refractivity contribution >= 4 is 11.6 Å². The van der Waals surface area contributed by atoms with Crippen molar-refractivity contribution in [3.63, 3.8) is 0 Å². The van der Waals surface area contributed by atoms with Crippen LogP contribution in [0.3, 0.4) is 0 Å². The Bertz CT molecular complexity index is 130. The van der Waals surface area contributed by atoms with Crippen molar-refractivity contribution in [2.75, 3.05) is 12.5 Å². The van der Waals surface area contributed by atoms with Crippen LogP contribution in [0.2, 0.25) is 0 Å². The third-order valence-electron chi connectivity index (χ3n) is 2.41. The van der Waals surface area contributed by atoms with Crippen LogP contribution in [-0.4, -0.2) is 18.6 Å². The third-order valence-corrected chi connectivity index (χ3v) is 2.80. The number of ether oxygens (including phenoxy) is 1. The molecule has 2 unspecified atom stereocenters. The highest BCUT2D eigenvalue weighted by Crippen LogP contribution is 2.23. The van der Waals surface area contributed by atoms with E-state index in [0.29, 0.717) is 17.9 Å². The molecule has 1 aliphatic rings. The van der Waals surface area contributed by atoms with Crippen molar-refractivity contribution < 1.29 is 4.74 Å². The van der Waals surface area contributed by atoms with Gasteiger partial charge in [0.15, 0.2) is 0 Å². The van der Waals surface area contributed by atoms with Gasteiger partial charge in [-0.1, -0.05) is 6.08 Å². The molecule has 0 N–H and O–H groups in total. The van der Waals surface area contributed by atoms with Crippen LogP contribution in [-0.2, 0) is 4.74 Å². The van der Waals surface area contributed by atoms with Gasteiger partial charge in [0.2, 0.25) is 0 Å². The number of hydrogen-bond acceptors (Lipinski definition) is 1. The van der Waals surface area contributed by atoms with Gasteiger partial charge in [0, 0.05) is 18.4 Å². The zero-order valence-electron chi connectivity index (χ0n) is 7.47. The second kappa shape index (κ2) is 5.60. The summed E-state index contributed by atoms with van der Waals surface area (Å²) in [7, 11) is 0. The maximum absolute atomic E-state index is 5.85. The molecule has 2 heteroatoms. The first-order valence-electron chi connectivity index (χ1n) is 4.67. The van der Waals surface area contributed by atoms with Gasteiger partial charge in [-0.15, -0.1) is 18.2 Å². The van der Waals surface area contributed by atoms with Crippen molar-refractivity contribution in [2.45, 2.75) is 31.8 Å². The van der Waals surface area contributed by atoms with E-state index in [9.17, 15) is 0 Å². The highest BCUT2D eigenvalue weighted by Gasteiger charge is 2.22. The van der Waals surface area contributed by atoms with Crippen LogP contribution in [0.1, 0.15) is 25.7 Å². The average molecular weight is 189 g/mol. The molecule has 1 nitrogen and oxygen atoms in total. The fourth-order valence-electron chi connectivity index (χ4n) is 1.67. The Balaban J connectivity index is 2.34. The van der Waals surface area contributed by atoms with E-state index in [1.165, 1.54) is 19.3 Å². The smallest absolute Gasteiger partial charge is 0.0617 e. The van der Waals surface area contributed by atoms with Gasteiger partial charge < -0.3 is 4.74 Å². The molecular formula is C10H17ClO. The lowest BCUT2D eigenvalue weighted by Gasteiger charge is -2.28. The molecule has 1 saturated heterocycles. The van der Waals surface area contributed by atoms with Gasteiger partial charge >= 0.3 is 0 Å². The molecule has 0 spiro atoms. The van der Waals surface area contributed by atoms with Gasteiger partial charge in [0.1, 0.15) is 0 Å². The summed E-state index contributed by atoms with van der Waals surface area (Å²) in [5.74, 6) is 1.17. The number of halogens is 1. The molecule has 0 aromatic rings. The lowest BCUT2D eigenvalue weighted by molar-refractivity contribution is -0.0144. The largest absolute Gasteiger partial charge is 0.378 e. The molecule has 1 fully saturated rings. The van der Waals surface area contributed by atoms with Gasteiger partial charge in [-0.3, -0.25) is 0 Å². The molecule has 1 heterocycles. The number of alkyl halides is 1. The van der Waals surface area contributed by atoms with Crippen LogP contribution in [0.15, 0.2) is 12.7 Å². The highest BCUT2D eigenvalue weighted by molar-refractivity contribution is 6.18. The minimum absolute atomic E-state index is 0.384. The Hall–Kier alpha value is -0.0100. The predicted molar refractivity (Wildman–Crippen MR) is 52.6 cm³/mol. The van der Waals surface area contributed by atoms with Crippen LogP contribution >= 0.6 is 11.6 Å². The third kappa shape index (κ3) is 2.80. The van der Waals surface area contributed by atoms with E-state index in [2.05, 4.69) is 6.58 Å². The Morgan fingerprint density at radius 1 is 1.58 bits per heavy atom. The van der Waals surface area contributed by atoms with Gasteiger partial charge in [0.05, 0.1) is 6.10 Å². The SMILES string of the molecule is C=CCC(CCl)C1CCCCO1. The molecule has 0 saturated carbocycles. The van der Waals surface area contributed by atoms with Gasteiger partial charge in [-0.05, 0) is 25.7 Å². The van der Waals surface area contributed by atoms with E-state index in [4.69, 9.17) is 16.3 Å². The maximum atomic E-state index is 5.85.